The second-order valence-corrected chi connectivity index (χ2v) is 9.48. The highest BCUT2D eigenvalue weighted by Gasteiger charge is 2.37. The Kier molecular flexibility index (Phi) is 8.38. The summed E-state index contributed by atoms with van der Waals surface area (Å²) >= 11 is 1.51. The van der Waals surface area contributed by atoms with Crippen LogP contribution in [0.25, 0.3) is 0 Å². The minimum absolute atomic E-state index is 0.00670. The van der Waals surface area contributed by atoms with Crippen LogP contribution in [0.3, 0.4) is 0 Å². The van der Waals surface area contributed by atoms with Crippen molar-refractivity contribution in [3.8, 4) is 0 Å². The van der Waals surface area contributed by atoms with Crippen molar-refractivity contribution >= 4 is 17.4 Å². The first-order valence-corrected chi connectivity index (χ1v) is 11.7. The molecule has 2 aromatic rings. The predicted octanol–water partition coefficient (Wildman–Crippen LogP) is 6.45. The molecule has 192 valence electrons. The molecule has 1 aliphatic rings. The number of thioether (sulfide) groups is 1. The number of hydrogen-bond acceptors (Lipinski definition) is 5. The fourth-order valence-corrected chi connectivity index (χ4v) is 5.09. The van der Waals surface area contributed by atoms with Gasteiger partial charge in [0.1, 0.15) is 0 Å². The molecule has 0 atom stereocenters. The van der Waals surface area contributed by atoms with Gasteiger partial charge in [0.25, 0.3) is 5.69 Å². The zero-order valence-corrected chi connectivity index (χ0v) is 19.6. The molecule has 0 aliphatic carbocycles. The van der Waals surface area contributed by atoms with Crippen molar-refractivity contribution in [1.29, 1.82) is 0 Å². The number of nitro benzene ring substituents is 1. The van der Waals surface area contributed by atoms with Crippen LogP contribution in [0, 0.1) is 10.1 Å². The van der Waals surface area contributed by atoms with Crippen molar-refractivity contribution in [1.82, 2.24) is 4.90 Å². The number of nitro groups is 1. The van der Waals surface area contributed by atoms with Gasteiger partial charge in [-0.2, -0.15) is 26.3 Å². The second-order valence-electron chi connectivity index (χ2n) is 8.43. The molecule has 35 heavy (non-hydrogen) atoms. The third-order valence-corrected chi connectivity index (χ3v) is 7.39. The lowest BCUT2D eigenvalue weighted by Crippen LogP contribution is -2.47. The SMILES string of the molecule is COC1(CSc2ccc([N+](=O)[O-])cc2)CCN(CCc2cc(C(F)(F)F)cc(C(F)(F)F)c2)CC1. The van der Waals surface area contributed by atoms with Crippen molar-refractivity contribution < 1.29 is 36.0 Å². The van der Waals surface area contributed by atoms with Gasteiger partial charge in [-0.1, -0.05) is 0 Å². The smallest absolute Gasteiger partial charge is 0.377 e. The number of nitrogens with zero attached hydrogens (tertiary/aromatic N) is 2. The number of alkyl halides is 6. The third kappa shape index (κ3) is 7.34. The maximum atomic E-state index is 13.1. The number of ether oxygens (including phenoxy) is 1. The number of rotatable bonds is 8. The number of halogens is 6. The van der Waals surface area contributed by atoms with Crippen LogP contribution in [0.1, 0.15) is 29.5 Å². The number of non-ortho nitro benzene ring substituents is 1. The van der Waals surface area contributed by atoms with Crippen molar-refractivity contribution in [2.45, 2.75) is 42.1 Å². The third-order valence-electron chi connectivity index (χ3n) is 6.11. The molecular formula is C23H24F6N2O3S. The van der Waals surface area contributed by atoms with Gasteiger partial charge in [0.2, 0.25) is 0 Å². The lowest BCUT2D eigenvalue weighted by molar-refractivity contribution is -0.384. The molecule has 12 heteroatoms. The molecule has 1 fully saturated rings. The van der Waals surface area contributed by atoms with Crippen LogP contribution < -0.4 is 0 Å². The fraction of sp³-hybridized carbons (Fsp3) is 0.478. The van der Waals surface area contributed by atoms with Gasteiger partial charge in [0.05, 0.1) is 21.7 Å². The Bertz CT molecular complexity index is 987. The number of likely N-dealkylation sites (tertiary alicyclic amines) is 1. The van der Waals surface area contributed by atoms with Gasteiger partial charge in [-0.3, -0.25) is 10.1 Å². The van der Waals surface area contributed by atoms with Gasteiger partial charge in [0, 0.05) is 49.5 Å². The molecule has 0 aromatic heterocycles. The van der Waals surface area contributed by atoms with E-state index in [0.717, 1.165) is 17.0 Å². The van der Waals surface area contributed by atoms with Crippen LogP contribution in [-0.4, -0.2) is 47.9 Å². The van der Waals surface area contributed by atoms with E-state index in [4.69, 9.17) is 4.74 Å². The summed E-state index contributed by atoms with van der Waals surface area (Å²) in [5, 5.41) is 10.8. The molecule has 0 spiro atoms. The van der Waals surface area contributed by atoms with Crippen molar-refractivity contribution in [3.63, 3.8) is 0 Å². The Morgan fingerprint density at radius 2 is 1.54 bits per heavy atom. The normalized spacial score (nSPS) is 16.9. The first-order chi connectivity index (χ1) is 16.3. The molecule has 1 heterocycles. The monoisotopic (exact) mass is 522 g/mol. The van der Waals surface area contributed by atoms with E-state index in [1.165, 1.54) is 23.9 Å². The van der Waals surface area contributed by atoms with Crippen molar-refractivity contribution in [3.05, 3.63) is 69.3 Å². The van der Waals surface area contributed by atoms with Crippen LogP contribution in [0.4, 0.5) is 32.0 Å². The molecule has 2 aromatic carbocycles. The predicted molar refractivity (Wildman–Crippen MR) is 119 cm³/mol. The zero-order chi connectivity index (χ0) is 25.9. The average molecular weight is 523 g/mol. The summed E-state index contributed by atoms with van der Waals surface area (Å²) in [5.41, 5.74) is -3.05. The van der Waals surface area contributed by atoms with Gasteiger partial charge in [-0.05, 0) is 55.2 Å². The molecule has 0 N–H and O–H groups in total. The molecule has 1 aliphatic heterocycles. The zero-order valence-electron chi connectivity index (χ0n) is 18.8. The summed E-state index contributed by atoms with van der Waals surface area (Å²) in [6, 6.07) is 7.90. The Hall–Kier alpha value is -2.31. The van der Waals surface area contributed by atoms with Gasteiger partial charge < -0.3 is 9.64 Å². The van der Waals surface area contributed by atoms with E-state index >= 15 is 0 Å². The van der Waals surface area contributed by atoms with Crippen LogP contribution in [0.2, 0.25) is 0 Å². The van der Waals surface area contributed by atoms with E-state index in [1.54, 1.807) is 19.2 Å². The molecule has 5 nitrogen and oxygen atoms in total. The highest BCUT2D eigenvalue weighted by Crippen LogP contribution is 2.37. The van der Waals surface area contributed by atoms with Crippen molar-refractivity contribution in [2.75, 3.05) is 32.5 Å². The van der Waals surface area contributed by atoms with E-state index in [1.807, 2.05) is 4.90 Å². The molecule has 0 radical (unpaired) electrons. The molecule has 1 saturated heterocycles. The number of hydrogen-bond donors (Lipinski definition) is 0. The Morgan fingerprint density at radius 1 is 1.00 bits per heavy atom. The lowest BCUT2D eigenvalue weighted by atomic mass is 9.92. The topological polar surface area (TPSA) is 55.6 Å². The molecule has 3 rings (SSSR count). The van der Waals surface area contributed by atoms with Crippen LogP contribution in [0.15, 0.2) is 47.4 Å². The number of methoxy groups -OCH3 is 1. The summed E-state index contributed by atoms with van der Waals surface area (Å²) in [6.45, 7) is 1.49. The maximum Gasteiger partial charge on any atom is 0.416 e. The molecule has 0 unspecified atom stereocenters. The van der Waals surface area contributed by atoms with E-state index < -0.39 is 34.0 Å². The standard InChI is InChI=1S/C23H24F6N2O3S/c1-34-21(15-35-20-4-2-19(3-5-20)31(32)33)7-10-30(11-8-21)9-6-16-12-17(22(24,25)26)14-18(13-16)23(27,28)29/h2-5,12-14H,6-11,15H2,1H3. The van der Waals surface area contributed by atoms with E-state index in [0.29, 0.717) is 38.2 Å². The lowest BCUT2D eigenvalue weighted by Gasteiger charge is -2.40. The summed E-state index contributed by atoms with van der Waals surface area (Å²) in [6.07, 6.45) is -8.38. The number of benzene rings is 2. The first-order valence-electron chi connectivity index (χ1n) is 10.7. The number of piperidine rings is 1. The van der Waals surface area contributed by atoms with Crippen LogP contribution in [-0.2, 0) is 23.5 Å². The highest BCUT2D eigenvalue weighted by atomic mass is 32.2. The summed E-state index contributed by atoms with van der Waals surface area (Å²) in [5.74, 6) is 0.609. The van der Waals surface area contributed by atoms with Crippen molar-refractivity contribution in [2.24, 2.45) is 0 Å². The fourth-order valence-electron chi connectivity index (χ4n) is 3.92. The molecule has 0 bridgehead atoms. The van der Waals surface area contributed by atoms with Gasteiger partial charge in [0.15, 0.2) is 0 Å². The Labute approximate surface area is 202 Å². The van der Waals surface area contributed by atoms with Gasteiger partial charge >= 0.3 is 12.4 Å². The van der Waals surface area contributed by atoms with E-state index in [-0.39, 0.29) is 23.7 Å². The van der Waals surface area contributed by atoms with Gasteiger partial charge in [-0.25, -0.2) is 0 Å². The summed E-state index contributed by atoms with van der Waals surface area (Å²) in [4.78, 5) is 13.2. The minimum atomic E-state index is -4.86. The molecule has 0 saturated carbocycles. The summed E-state index contributed by atoms with van der Waals surface area (Å²) < 4.78 is 84.3. The largest absolute Gasteiger partial charge is 0.416 e. The van der Waals surface area contributed by atoms with Crippen LogP contribution >= 0.6 is 11.8 Å². The van der Waals surface area contributed by atoms with E-state index in [9.17, 15) is 36.5 Å². The Morgan fingerprint density at radius 3 is 2.00 bits per heavy atom. The first kappa shape index (κ1) is 27.3. The Balaban J connectivity index is 1.58. The maximum absolute atomic E-state index is 13.1. The molecular weight excluding hydrogens is 498 g/mol. The minimum Gasteiger partial charge on any atom is -0.377 e. The van der Waals surface area contributed by atoms with E-state index in [2.05, 4.69) is 0 Å². The van der Waals surface area contributed by atoms with Crippen LogP contribution in [0.5, 0.6) is 0 Å². The van der Waals surface area contributed by atoms with Gasteiger partial charge in [-0.15, -0.1) is 11.8 Å². The quantitative estimate of drug-likeness (QED) is 0.173. The summed E-state index contributed by atoms with van der Waals surface area (Å²) in [7, 11) is 1.60. The molecule has 0 amide bonds. The average Bonchev–Trinajstić information content (AvgIpc) is 2.81. The highest BCUT2D eigenvalue weighted by molar-refractivity contribution is 7.99. The second kappa shape index (κ2) is 10.8.